The molecular weight excluding hydrogens is 164 g/mol. The van der Waals surface area contributed by atoms with Crippen molar-refractivity contribution in [1.29, 1.82) is 0 Å². The molecule has 1 heterocycles. The lowest BCUT2D eigenvalue weighted by molar-refractivity contribution is 0.550. The number of hydrogen-bond acceptors (Lipinski definition) is 3. The number of nitrogens with one attached hydrogen (secondary N) is 1. The van der Waals surface area contributed by atoms with Crippen LogP contribution in [0.4, 0.5) is 0 Å². The summed E-state index contributed by atoms with van der Waals surface area (Å²) in [5.41, 5.74) is 4.94. The SMILES string of the molecule is C=C(C)CC(NN)c1cnn(C)c1. The Morgan fingerprint density at radius 3 is 2.92 bits per heavy atom. The van der Waals surface area contributed by atoms with Crippen LogP contribution in [-0.4, -0.2) is 9.78 Å². The van der Waals surface area contributed by atoms with Gasteiger partial charge in [0.2, 0.25) is 0 Å². The Bertz CT molecular complexity index is 290. The molecule has 1 aromatic heterocycles. The number of hydrazine groups is 1. The van der Waals surface area contributed by atoms with E-state index in [1.165, 1.54) is 0 Å². The van der Waals surface area contributed by atoms with Crippen molar-refractivity contribution in [3.8, 4) is 0 Å². The van der Waals surface area contributed by atoms with Crippen molar-refractivity contribution >= 4 is 0 Å². The minimum Gasteiger partial charge on any atom is -0.275 e. The summed E-state index contributed by atoms with van der Waals surface area (Å²) in [6.45, 7) is 5.84. The largest absolute Gasteiger partial charge is 0.275 e. The highest BCUT2D eigenvalue weighted by Crippen LogP contribution is 2.18. The lowest BCUT2D eigenvalue weighted by Gasteiger charge is -2.13. The van der Waals surface area contributed by atoms with Gasteiger partial charge in [-0.1, -0.05) is 5.57 Å². The number of rotatable bonds is 4. The zero-order valence-corrected chi connectivity index (χ0v) is 8.12. The molecule has 1 atom stereocenters. The van der Waals surface area contributed by atoms with E-state index in [0.717, 1.165) is 17.6 Å². The Balaban J connectivity index is 2.72. The van der Waals surface area contributed by atoms with Crippen molar-refractivity contribution in [2.45, 2.75) is 19.4 Å². The van der Waals surface area contributed by atoms with Crippen molar-refractivity contribution in [2.75, 3.05) is 0 Å². The molecule has 13 heavy (non-hydrogen) atoms. The van der Waals surface area contributed by atoms with E-state index in [-0.39, 0.29) is 6.04 Å². The Hall–Kier alpha value is -1.13. The van der Waals surface area contributed by atoms with Crippen LogP contribution in [0, 0.1) is 0 Å². The van der Waals surface area contributed by atoms with Crippen LogP contribution in [0.15, 0.2) is 24.5 Å². The van der Waals surface area contributed by atoms with E-state index in [0.29, 0.717) is 0 Å². The van der Waals surface area contributed by atoms with Crippen LogP contribution in [0.2, 0.25) is 0 Å². The second-order valence-electron chi connectivity index (χ2n) is 3.33. The molecule has 72 valence electrons. The molecular formula is C9H16N4. The molecule has 0 aliphatic heterocycles. The standard InChI is InChI=1S/C9H16N4/c1-7(2)4-9(12-10)8-5-11-13(3)6-8/h5-6,9,12H,1,4,10H2,2-3H3. The molecule has 0 aliphatic carbocycles. The van der Waals surface area contributed by atoms with Gasteiger partial charge in [-0.2, -0.15) is 5.10 Å². The van der Waals surface area contributed by atoms with E-state index in [2.05, 4.69) is 17.1 Å². The minimum absolute atomic E-state index is 0.117. The highest BCUT2D eigenvalue weighted by molar-refractivity contribution is 5.12. The van der Waals surface area contributed by atoms with Gasteiger partial charge in [-0.25, -0.2) is 0 Å². The average molecular weight is 180 g/mol. The zero-order chi connectivity index (χ0) is 9.84. The molecule has 0 bridgehead atoms. The van der Waals surface area contributed by atoms with Gasteiger partial charge in [0.1, 0.15) is 0 Å². The van der Waals surface area contributed by atoms with E-state index < -0.39 is 0 Å². The third kappa shape index (κ3) is 2.68. The first kappa shape index (κ1) is 9.95. The van der Waals surface area contributed by atoms with Gasteiger partial charge in [0.05, 0.1) is 12.2 Å². The third-order valence-electron chi connectivity index (χ3n) is 1.88. The van der Waals surface area contributed by atoms with E-state index in [1.54, 1.807) is 4.68 Å². The molecule has 4 heteroatoms. The average Bonchev–Trinajstić information content (AvgIpc) is 2.47. The first-order chi connectivity index (χ1) is 6.13. The lowest BCUT2D eigenvalue weighted by atomic mass is 10.0. The molecule has 1 aromatic rings. The fourth-order valence-electron chi connectivity index (χ4n) is 1.24. The Morgan fingerprint density at radius 2 is 2.54 bits per heavy atom. The number of hydrogen-bond donors (Lipinski definition) is 2. The van der Waals surface area contributed by atoms with E-state index in [9.17, 15) is 0 Å². The maximum Gasteiger partial charge on any atom is 0.0538 e. The topological polar surface area (TPSA) is 55.9 Å². The molecule has 0 spiro atoms. The summed E-state index contributed by atoms with van der Waals surface area (Å²) in [5.74, 6) is 5.43. The molecule has 0 radical (unpaired) electrons. The maximum absolute atomic E-state index is 5.43. The molecule has 4 nitrogen and oxygen atoms in total. The second kappa shape index (κ2) is 4.20. The van der Waals surface area contributed by atoms with Crippen molar-refractivity contribution < 1.29 is 0 Å². The Morgan fingerprint density at radius 1 is 1.85 bits per heavy atom. The number of nitrogens with zero attached hydrogens (tertiary/aromatic N) is 2. The molecule has 3 N–H and O–H groups in total. The summed E-state index contributed by atoms with van der Waals surface area (Å²) in [7, 11) is 1.89. The van der Waals surface area contributed by atoms with Crippen molar-refractivity contribution in [1.82, 2.24) is 15.2 Å². The summed E-state index contributed by atoms with van der Waals surface area (Å²) in [6.07, 6.45) is 4.60. The summed E-state index contributed by atoms with van der Waals surface area (Å²) in [6, 6.07) is 0.117. The van der Waals surface area contributed by atoms with Gasteiger partial charge in [-0.15, -0.1) is 6.58 Å². The summed E-state index contributed by atoms with van der Waals surface area (Å²) in [4.78, 5) is 0. The normalized spacial score (nSPS) is 12.8. The monoisotopic (exact) mass is 180 g/mol. The molecule has 0 amide bonds. The summed E-state index contributed by atoms with van der Waals surface area (Å²) in [5, 5.41) is 4.08. The van der Waals surface area contributed by atoms with Crippen LogP contribution in [0.1, 0.15) is 24.9 Å². The van der Waals surface area contributed by atoms with Crippen LogP contribution in [0.25, 0.3) is 0 Å². The maximum atomic E-state index is 5.43. The fourth-order valence-corrected chi connectivity index (χ4v) is 1.24. The van der Waals surface area contributed by atoms with Crippen LogP contribution >= 0.6 is 0 Å². The first-order valence-corrected chi connectivity index (χ1v) is 4.22. The quantitative estimate of drug-likeness (QED) is 0.411. The Kier molecular flexibility index (Phi) is 3.22. The zero-order valence-electron chi connectivity index (χ0n) is 8.12. The number of aromatic nitrogens is 2. The Labute approximate surface area is 78.4 Å². The molecule has 0 aromatic carbocycles. The van der Waals surface area contributed by atoms with Crippen molar-refractivity contribution in [3.05, 3.63) is 30.1 Å². The number of nitrogens with two attached hydrogens (primary N) is 1. The van der Waals surface area contributed by atoms with Gasteiger partial charge in [0.25, 0.3) is 0 Å². The van der Waals surface area contributed by atoms with Crippen molar-refractivity contribution in [3.63, 3.8) is 0 Å². The summed E-state index contributed by atoms with van der Waals surface area (Å²) < 4.78 is 1.76. The predicted molar refractivity (Wildman–Crippen MR) is 52.7 cm³/mol. The molecule has 0 fully saturated rings. The van der Waals surface area contributed by atoms with Crippen LogP contribution in [0.3, 0.4) is 0 Å². The smallest absolute Gasteiger partial charge is 0.0538 e. The molecule has 0 saturated carbocycles. The molecule has 1 unspecified atom stereocenters. The van der Waals surface area contributed by atoms with Gasteiger partial charge in [-0.3, -0.25) is 16.0 Å². The second-order valence-corrected chi connectivity index (χ2v) is 3.33. The van der Waals surface area contributed by atoms with E-state index in [1.807, 2.05) is 26.4 Å². The summed E-state index contributed by atoms with van der Waals surface area (Å²) >= 11 is 0. The highest BCUT2D eigenvalue weighted by atomic mass is 15.3. The van der Waals surface area contributed by atoms with Gasteiger partial charge in [0, 0.05) is 18.8 Å². The van der Waals surface area contributed by atoms with Crippen LogP contribution in [0.5, 0.6) is 0 Å². The minimum atomic E-state index is 0.117. The molecule has 1 rings (SSSR count). The van der Waals surface area contributed by atoms with Crippen molar-refractivity contribution in [2.24, 2.45) is 12.9 Å². The molecule has 0 aliphatic rings. The van der Waals surface area contributed by atoms with Gasteiger partial charge in [-0.05, 0) is 13.3 Å². The number of aryl methyl sites for hydroxylation is 1. The lowest BCUT2D eigenvalue weighted by Crippen LogP contribution is -2.27. The first-order valence-electron chi connectivity index (χ1n) is 4.22. The van der Waals surface area contributed by atoms with Crippen LogP contribution < -0.4 is 11.3 Å². The van der Waals surface area contributed by atoms with E-state index in [4.69, 9.17) is 5.84 Å². The highest BCUT2D eigenvalue weighted by Gasteiger charge is 2.10. The van der Waals surface area contributed by atoms with Crippen LogP contribution in [-0.2, 0) is 7.05 Å². The molecule has 0 saturated heterocycles. The van der Waals surface area contributed by atoms with E-state index >= 15 is 0 Å². The van der Waals surface area contributed by atoms with Gasteiger partial charge in [0.15, 0.2) is 0 Å². The third-order valence-corrected chi connectivity index (χ3v) is 1.88. The van der Waals surface area contributed by atoms with Gasteiger partial charge < -0.3 is 0 Å². The predicted octanol–water partition coefficient (Wildman–Crippen LogP) is 0.891. The van der Waals surface area contributed by atoms with Gasteiger partial charge >= 0.3 is 0 Å². The fraction of sp³-hybridized carbons (Fsp3) is 0.444.